The minimum absolute atomic E-state index is 0.143. The Morgan fingerprint density at radius 3 is 2.41 bits per heavy atom. The van der Waals surface area contributed by atoms with Crippen molar-refractivity contribution >= 4 is 23.3 Å². The molecule has 1 amide bonds. The number of nitrogens with one attached hydrogen (secondary N) is 1. The van der Waals surface area contributed by atoms with Gasteiger partial charge in [-0.2, -0.15) is 0 Å². The third kappa shape index (κ3) is 4.44. The maximum atomic E-state index is 12.0. The monoisotopic (exact) mass is 310 g/mol. The Morgan fingerprint density at radius 2 is 1.91 bits per heavy atom. The normalized spacial score (nSPS) is 11.7. The van der Waals surface area contributed by atoms with E-state index < -0.39 is 22.9 Å². The van der Waals surface area contributed by atoms with E-state index in [9.17, 15) is 19.7 Å². The summed E-state index contributed by atoms with van der Waals surface area (Å²) in [5.41, 5.74) is 0.0969. The average Bonchev–Trinajstić information content (AvgIpc) is 2.46. The minimum atomic E-state index is -0.991. The molecule has 0 aromatic heterocycles. The lowest BCUT2D eigenvalue weighted by molar-refractivity contribution is -0.384. The lowest BCUT2D eigenvalue weighted by atomic mass is 10.2. The van der Waals surface area contributed by atoms with Gasteiger partial charge in [0.2, 0.25) is 0 Å². The molecule has 8 heteroatoms. The number of methoxy groups -OCH3 is 1. The number of ether oxygens (including phenoxy) is 2. The average molecular weight is 310 g/mol. The highest BCUT2D eigenvalue weighted by Crippen LogP contribution is 2.29. The zero-order valence-corrected chi connectivity index (χ0v) is 12.8. The molecule has 1 rings (SSSR count). The molecule has 0 aliphatic carbocycles. The molecule has 0 bridgehead atoms. The number of amides is 1. The van der Waals surface area contributed by atoms with Crippen molar-refractivity contribution in [3.63, 3.8) is 0 Å². The van der Waals surface area contributed by atoms with Crippen LogP contribution in [0.1, 0.15) is 20.8 Å². The fourth-order valence-electron chi connectivity index (χ4n) is 1.49. The van der Waals surface area contributed by atoms with Crippen molar-refractivity contribution in [1.29, 1.82) is 0 Å². The Hall–Kier alpha value is -2.64. The molecule has 1 aromatic carbocycles. The Balaban J connectivity index is 2.83. The van der Waals surface area contributed by atoms with Gasteiger partial charge in [0, 0.05) is 6.07 Å². The zero-order valence-electron chi connectivity index (χ0n) is 12.8. The number of nitro groups is 1. The minimum Gasteiger partial charge on any atom is -0.494 e. The first kappa shape index (κ1) is 17.4. The van der Waals surface area contributed by atoms with Gasteiger partial charge in [0.05, 0.1) is 29.7 Å². The zero-order chi connectivity index (χ0) is 16.9. The maximum Gasteiger partial charge on any atom is 0.309 e. The standard InChI is InChI=1S/C14H18N2O6/c1-8(2)14(18)22-9(3)13(17)15-11-6-5-10(16(19)20)7-12(11)21-4/h5-9H,1-4H3,(H,15,17)/t9-/m1/s1. The van der Waals surface area contributed by atoms with Gasteiger partial charge in [0.15, 0.2) is 6.10 Å². The number of nitrogens with zero attached hydrogens (tertiary/aromatic N) is 1. The van der Waals surface area contributed by atoms with Crippen LogP contribution in [0.5, 0.6) is 5.75 Å². The molecule has 0 spiro atoms. The van der Waals surface area contributed by atoms with Crippen LogP contribution in [0.25, 0.3) is 0 Å². The summed E-state index contributed by atoms with van der Waals surface area (Å²) in [6.45, 7) is 4.76. The molecule has 0 saturated heterocycles. The van der Waals surface area contributed by atoms with E-state index in [1.807, 2.05) is 0 Å². The predicted molar refractivity (Wildman–Crippen MR) is 78.7 cm³/mol. The molecule has 0 fully saturated rings. The molecule has 0 saturated carbocycles. The van der Waals surface area contributed by atoms with Gasteiger partial charge in [-0.1, -0.05) is 13.8 Å². The summed E-state index contributed by atoms with van der Waals surface area (Å²) in [5, 5.41) is 13.2. The van der Waals surface area contributed by atoms with Crippen LogP contribution in [0.15, 0.2) is 18.2 Å². The summed E-state index contributed by atoms with van der Waals surface area (Å²) < 4.78 is 9.99. The van der Waals surface area contributed by atoms with Gasteiger partial charge < -0.3 is 14.8 Å². The third-order valence-electron chi connectivity index (χ3n) is 2.79. The molecule has 0 radical (unpaired) electrons. The number of rotatable bonds is 6. The van der Waals surface area contributed by atoms with E-state index in [4.69, 9.17) is 9.47 Å². The number of nitro benzene ring substituents is 1. The molecule has 0 aliphatic rings. The van der Waals surface area contributed by atoms with E-state index >= 15 is 0 Å². The number of anilines is 1. The summed E-state index contributed by atoms with van der Waals surface area (Å²) in [6.07, 6.45) is -0.991. The first-order valence-corrected chi connectivity index (χ1v) is 6.60. The largest absolute Gasteiger partial charge is 0.494 e. The van der Waals surface area contributed by atoms with E-state index in [0.717, 1.165) is 0 Å². The highest BCUT2D eigenvalue weighted by molar-refractivity contribution is 5.96. The smallest absolute Gasteiger partial charge is 0.309 e. The fraction of sp³-hybridized carbons (Fsp3) is 0.429. The Bertz CT molecular complexity index is 585. The molecule has 1 aromatic rings. The van der Waals surface area contributed by atoms with Crippen LogP contribution in [-0.2, 0) is 14.3 Å². The number of carbonyl (C=O) groups is 2. The van der Waals surface area contributed by atoms with E-state index in [1.54, 1.807) is 13.8 Å². The van der Waals surface area contributed by atoms with Crippen LogP contribution in [-0.4, -0.2) is 30.0 Å². The summed E-state index contributed by atoms with van der Waals surface area (Å²) in [5.74, 6) is -1.24. The highest BCUT2D eigenvalue weighted by atomic mass is 16.6. The van der Waals surface area contributed by atoms with Crippen molar-refractivity contribution in [2.24, 2.45) is 5.92 Å². The quantitative estimate of drug-likeness (QED) is 0.490. The van der Waals surface area contributed by atoms with Gasteiger partial charge in [-0.25, -0.2) is 0 Å². The van der Waals surface area contributed by atoms with Crippen LogP contribution in [0.3, 0.4) is 0 Å². The van der Waals surface area contributed by atoms with Crippen molar-refractivity contribution in [3.05, 3.63) is 28.3 Å². The second kappa shape index (κ2) is 7.39. The molecule has 1 atom stereocenters. The third-order valence-corrected chi connectivity index (χ3v) is 2.79. The number of hydrogen-bond acceptors (Lipinski definition) is 6. The Kier molecular flexibility index (Phi) is 5.85. The molecular formula is C14H18N2O6. The Labute approximate surface area is 127 Å². The molecule has 0 heterocycles. The summed E-state index contributed by atoms with van der Waals surface area (Å²) in [7, 11) is 1.33. The van der Waals surface area contributed by atoms with Crippen LogP contribution >= 0.6 is 0 Å². The first-order valence-electron chi connectivity index (χ1n) is 6.60. The van der Waals surface area contributed by atoms with E-state index in [1.165, 1.54) is 32.2 Å². The number of carbonyl (C=O) groups excluding carboxylic acids is 2. The van der Waals surface area contributed by atoms with Crippen molar-refractivity contribution < 1.29 is 24.0 Å². The topological polar surface area (TPSA) is 108 Å². The molecule has 120 valence electrons. The SMILES string of the molecule is COc1cc([N+](=O)[O-])ccc1NC(=O)[C@@H](C)OC(=O)C(C)C. The van der Waals surface area contributed by atoms with Crippen molar-refractivity contribution in [1.82, 2.24) is 0 Å². The fourth-order valence-corrected chi connectivity index (χ4v) is 1.49. The maximum absolute atomic E-state index is 12.0. The predicted octanol–water partition coefficient (Wildman–Crippen LogP) is 2.13. The van der Waals surface area contributed by atoms with Crippen LogP contribution in [0.2, 0.25) is 0 Å². The van der Waals surface area contributed by atoms with Gasteiger partial charge in [-0.15, -0.1) is 0 Å². The van der Waals surface area contributed by atoms with Crippen molar-refractivity contribution in [2.45, 2.75) is 26.9 Å². The number of non-ortho nitro benzene ring substituents is 1. The number of hydrogen-bond donors (Lipinski definition) is 1. The lowest BCUT2D eigenvalue weighted by Crippen LogP contribution is -2.31. The van der Waals surface area contributed by atoms with E-state index in [2.05, 4.69) is 5.32 Å². The second-order valence-corrected chi connectivity index (χ2v) is 4.86. The van der Waals surface area contributed by atoms with Gasteiger partial charge >= 0.3 is 5.97 Å². The van der Waals surface area contributed by atoms with Crippen molar-refractivity contribution in [2.75, 3.05) is 12.4 Å². The molecular weight excluding hydrogens is 292 g/mol. The van der Waals surface area contributed by atoms with Gasteiger partial charge in [0.1, 0.15) is 5.75 Å². The molecule has 0 aliphatic heterocycles. The first-order chi connectivity index (χ1) is 10.3. The summed E-state index contributed by atoms with van der Waals surface area (Å²) in [4.78, 5) is 33.6. The van der Waals surface area contributed by atoms with Crippen LogP contribution in [0.4, 0.5) is 11.4 Å². The number of esters is 1. The summed E-state index contributed by atoms with van der Waals surface area (Å²) >= 11 is 0. The summed E-state index contributed by atoms with van der Waals surface area (Å²) in [6, 6.07) is 3.79. The molecule has 22 heavy (non-hydrogen) atoms. The van der Waals surface area contributed by atoms with Gasteiger partial charge in [-0.3, -0.25) is 19.7 Å². The van der Waals surface area contributed by atoms with E-state index in [-0.39, 0.29) is 23.0 Å². The molecule has 8 nitrogen and oxygen atoms in total. The second-order valence-electron chi connectivity index (χ2n) is 4.86. The van der Waals surface area contributed by atoms with Crippen LogP contribution in [0, 0.1) is 16.0 Å². The highest BCUT2D eigenvalue weighted by Gasteiger charge is 2.21. The van der Waals surface area contributed by atoms with Crippen molar-refractivity contribution in [3.8, 4) is 5.75 Å². The van der Waals surface area contributed by atoms with Crippen LogP contribution < -0.4 is 10.1 Å². The number of benzene rings is 1. The van der Waals surface area contributed by atoms with Gasteiger partial charge in [0.25, 0.3) is 11.6 Å². The van der Waals surface area contributed by atoms with E-state index in [0.29, 0.717) is 0 Å². The molecule has 0 unspecified atom stereocenters. The lowest BCUT2D eigenvalue weighted by Gasteiger charge is -2.16. The Morgan fingerprint density at radius 1 is 1.27 bits per heavy atom. The van der Waals surface area contributed by atoms with Gasteiger partial charge in [-0.05, 0) is 13.0 Å². The molecule has 1 N–H and O–H groups in total.